The first-order valence-corrected chi connectivity index (χ1v) is 7.13. The maximum Gasteiger partial charge on any atom is 0.306 e. The van der Waals surface area contributed by atoms with Gasteiger partial charge < -0.3 is 5.11 Å². The summed E-state index contributed by atoms with van der Waals surface area (Å²) in [4.78, 5) is 11.3. The molecule has 0 aliphatic carbocycles. The summed E-state index contributed by atoms with van der Waals surface area (Å²) in [6.07, 6.45) is 7.00. The molecule has 1 aromatic rings. The van der Waals surface area contributed by atoms with Crippen LogP contribution in [0.5, 0.6) is 0 Å². The summed E-state index contributed by atoms with van der Waals surface area (Å²) in [6, 6.07) is 4.83. The molecule has 0 fully saturated rings. The zero-order valence-corrected chi connectivity index (χ0v) is 12.1. The van der Waals surface area contributed by atoms with Crippen LogP contribution in [0, 0.1) is 18.7 Å². The third-order valence-electron chi connectivity index (χ3n) is 3.51. The lowest BCUT2D eigenvalue weighted by Gasteiger charge is -2.13. The van der Waals surface area contributed by atoms with E-state index in [1.807, 2.05) is 6.08 Å². The highest BCUT2D eigenvalue weighted by Gasteiger charge is 2.17. The Kier molecular flexibility index (Phi) is 6.99. The Balaban J connectivity index is 2.51. The normalized spacial score (nSPS) is 12.1. The van der Waals surface area contributed by atoms with Gasteiger partial charge in [-0.1, -0.05) is 31.1 Å². The molecule has 1 rings (SSSR count). The molecule has 0 aliphatic rings. The van der Waals surface area contributed by atoms with Crippen LogP contribution in [0.2, 0.25) is 0 Å². The molecule has 0 spiro atoms. The first-order chi connectivity index (χ1) is 9.54. The van der Waals surface area contributed by atoms with Gasteiger partial charge in [0.05, 0.1) is 5.92 Å². The Hall–Kier alpha value is -1.64. The van der Waals surface area contributed by atoms with E-state index < -0.39 is 5.97 Å². The Labute approximate surface area is 120 Å². The number of rotatable bonds is 9. The van der Waals surface area contributed by atoms with Gasteiger partial charge in [0.1, 0.15) is 5.82 Å². The van der Waals surface area contributed by atoms with E-state index in [1.165, 1.54) is 6.07 Å². The fourth-order valence-electron chi connectivity index (χ4n) is 2.29. The maximum absolute atomic E-state index is 13.2. The van der Waals surface area contributed by atoms with Crippen LogP contribution in [0.15, 0.2) is 30.9 Å². The van der Waals surface area contributed by atoms with E-state index in [0.29, 0.717) is 18.4 Å². The molecule has 1 N–H and O–H groups in total. The molecule has 0 saturated heterocycles. The Morgan fingerprint density at radius 1 is 1.40 bits per heavy atom. The van der Waals surface area contributed by atoms with Crippen molar-refractivity contribution in [3.8, 4) is 0 Å². The summed E-state index contributed by atoms with van der Waals surface area (Å²) in [5.74, 6) is -1.40. The number of benzene rings is 1. The van der Waals surface area contributed by atoms with E-state index in [0.717, 1.165) is 31.2 Å². The van der Waals surface area contributed by atoms with Crippen molar-refractivity contribution in [3.05, 3.63) is 47.8 Å². The molecule has 1 aromatic carbocycles. The van der Waals surface area contributed by atoms with E-state index in [1.54, 1.807) is 19.1 Å². The summed E-state index contributed by atoms with van der Waals surface area (Å²) in [7, 11) is 0. The number of allylic oxidation sites excluding steroid dienone is 1. The molecule has 110 valence electrons. The monoisotopic (exact) mass is 278 g/mol. The fraction of sp³-hybridized carbons (Fsp3) is 0.471. The summed E-state index contributed by atoms with van der Waals surface area (Å²) in [6.45, 7) is 5.37. The lowest BCUT2D eigenvalue weighted by atomic mass is 9.93. The second-order valence-electron chi connectivity index (χ2n) is 5.25. The smallest absolute Gasteiger partial charge is 0.306 e. The van der Waals surface area contributed by atoms with Crippen LogP contribution in [0.1, 0.15) is 43.2 Å². The standard InChI is InChI=1S/C17H23FO2/c1-3-4-5-6-7-8-15(17(19)20)12-14-9-10-16(18)13(2)11-14/h3,9-11,15H,1,4-8,12H2,2H3,(H,19,20)/t15-/m1/s1. The van der Waals surface area contributed by atoms with E-state index in [4.69, 9.17) is 0 Å². The highest BCUT2D eigenvalue weighted by Crippen LogP contribution is 2.19. The summed E-state index contributed by atoms with van der Waals surface area (Å²) in [5.41, 5.74) is 1.46. The van der Waals surface area contributed by atoms with Crippen LogP contribution in [0.25, 0.3) is 0 Å². The number of aryl methyl sites for hydroxylation is 1. The van der Waals surface area contributed by atoms with Gasteiger partial charge in [-0.25, -0.2) is 4.39 Å². The molecule has 2 nitrogen and oxygen atoms in total. The Morgan fingerprint density at radius 3 is 2.75 bits per heavy atom. The van der Waals surface area contributed by atoms with Gasteiger partial charge in [0, 0.05) is 0 Å². The summed E-state index contributed by atoms with van der Waals surface area (Å²) >= 11 is 0. The number of halogens is 1. The first-order valence-electron chi connectivity index (χ1n) is 7.13. The quantitative estimate of drug-likeness (QED) is 0.533. The van der Waals surface area contributed by atoms with Crippen molar-refractivity contribution in [1.29, 1.82) is 0 Å². The molecule has 0 amide bonds. The number of hydrogen-bond donors (Lipinski definition) is 1. The van der Waals surface area contributed by atoms with Crippen molar-refractivity contribution in [3.63, 3.8) is 0 Å². The van der Waals surface area contributed by atoms with Gasteiger partial charge in [-0.15, -0.1) is 6.58 Å². The second kappa shape index (κ2) is 8.51. The van der Waals surface area contributed by atoms with Crippen LogP contribution >= 0.6 is 0 Å². The van der Waals surface area contributed by atoms with Gasteiger partial charge >= 0.3 is 5.97 Å². The van der Waals surface area contributed by atoms with Crippen LogP contribution in [0.3, 0.4) is 0 Å². The van der Waals surface area contributed by atoms with E-state index in [-0.39, 0.29) is 11.7 Å². The molecule has 0 saturated carbocycles. The van der Waals surface area contributed by atoms with Crippen molar-refractivity contribution < 1.29 is 14.3 Å². The molecule has 0 bridgehead atoms. The van der Waals surface area contributed by atoms with Crippen molar-refractivity contribution in [2.75, 3.05) is 0 Å². The van der Waals surface area contributed by atoms with E-state index >= 15 is 0 Å². The van der Waals surface area contributed by atoms with Crippen molar-refractivity contribution in [2.45, 2.75) is 45.4 Å². The third-order valence-corrected chi connectivity index (χ3v) is 3.51. The van der Waals surface area contributed by atoms with E-state index in [2.05, 4.69) is 6.58 Å². The Bertz CT molecular complexity index is 454. The van der Waals surface area contributed by atoms with Crippen LogP contribution in [-0.4, -0.2) is 11.1 Å². The minimum absolute atomic E-state index is 0.245. The summed E-state index contributed by atoms with van der Waals surface area (Å²) in [5, 5.41) is 9.27. The fourth-order valence-corrected chi connectivity index (χ4v) is 2.29. The van der Waals surface area contributed by atoms with Crippen molar-refractivity contribution in [2.24, 2.45) is 5.92 Å². The lowest BCUT2D eigenvalue weighted by Crippen LogP contribution is -2.16. The highest BCUT2D eigenvalue weighted by atomic mass is 19.1. The molecule has 0 unspecified atom stereocenters. The number of carboxylic acids is 1. The zero-order chi connectivity index (χ0) is 15.0. The number of unbranched alkanes of at least 4 members (excludes halogenated alkanes) is 3. The minimum Gasteiger partial charge on any atom is -0.481 e. The van der Waals surface area contributed by atoms with Gasteiger partial charge in [-0.05, 0) is 49.8 Å². The second-order valence-corrected chi connectivity index (χ2v) is 5.25. The Morgan fingerprint density at radius 2 is 2.15 bits per heavy atom. The molecule has 0 aromatic heterocycles. The van der Waals surface area contributed by atoms with Crippen LogP contribution < -0.4 is 0 Å². The topological polar surface area (TPSA) is 37.3 Å². The number of aliphatic carboxylic acids is 1. The predicted octanol–water partition coefficient (Wildman–Crippen LogP) is 4.51. The van der Waals surface area contributed by atoms with Gasteiger partial charge in [0.25, 0.3) is 0 Å². The first kappa shape index (κ1) is 16.4. The largest absolute Gasteiger partial charge is 0.481 e. The van der Waals surface area contributed by atoms with Gasteiger partial charge in [-0.2, -0.15) is 0 Å². The van der Waals surface area contributed by atoms with E-state index in [9.17, 15) is 14.3 Å². The zero-order valence-electron chi connectivity index (χ0n) is 12.1. The molecule has 20 heavy (non-hydrogen) atoms. The lowest BCUT2D eigenvalue weighted by molar-refractivity contribution is -0.142. The average molecular weight is 278 g/mol. The van der Waals surface area contributed by atoms with Crippen molar-refractivity contribution in [1.82, 2.24) is 0 Å². The molecule has 1 atom stereocenters. The number of carboxylic acid groups (broad SMARTS) is 1. The van der Waals surface area contributed by atoms with Crippen LogP contribution in [-0.2, 0) is 11.2 Å². The van der Waals surface area contributed by atoms with Crippen molar-refractivity contribution >= 4 is 5.97 Å². The minimum atomic E-state index is -0.768. The average Bonchev–Trinajstić information content (AvgIpc) is 2.41. The molecule has 0 radical (unpaired) electrons. The molecular formula is C17H23FO2. The number of hydrogen-bond acceptors (Lipinski definition) is 1. The number of carbonyl (C=O) groups is 1. The third kappa shape index (κ3) is 5.55. The van der Waals surface area contributed by atoms with Crippen LogP contribution in [0.4, 0.5) is 4.39 Å². The molecule has 0 heterocycles. The maximum atomic E-state index is 13.2. The molecule has 0 aliphatic heterocycles. The van der Waals surface area contributed by atoms with Gasteiger partial charge in [0.15, 0.2) is 0 Å². The summed E-state index contributed by atoms with van der Waals surface area (Å²) < 4.78 is 13.2. The molecule has 3 heteroatoms. The molecular weight excluding hydrogens is 255 g/mol. The van der Waals surface area contributed by atoms with Gasteiger partial charge in [0.2, 0.25) is 0 Å². The predicted molar refractivity (Wildman–Crippen MR) is 79.2 cm³/mol. The SMILES string of the molecule is C=CCCCCC[C@H](Cc1ccc(F)c(C)c1)C(=O)O. The van der Waals surface area contributed by atoms with Gasteiger partial charge in [-0.3, -0.25) is 4.79 Å². The highest BCUT2D eigenvalue weighted by molar-refractivity contribution is 5.70.